The molecule has 0 fully saturated rings. The molecule has 0 aliphatic carbocycles. The summed E-state index contributed by atoms with van der Waals surface area (Å²) in [4.78, 5) is 4.08. The lowest BCUT2D eigenvalue weighted by Gasteiger charge is -1.98. The molecule has 1 radical (unpaired) electrons. The van der Waals surface area contributed by atoms with Crippen LogP contribution in [0.3, 0.4) is 0 Å². The smallest absolute Gasteiger partial charge is 0.183 e. The van der Waals surface area contributed by atoms with Gasteiger partial charge in [0.2, 0.25) is 0 Å². The third kappa shape index (κ3) is 1.01. The molecule has 2 heteroatoms. The maximum absolute atomic E-state index is 11.2. The van der Waals surface area contributed by atoms with Gasteiger partial charge in [-0.25, -0.2) is 0 Å². The van der Waals surface area contributed by atoms with E-state index < -0.39 is 0 Å². The summed E-state index contributed by atoms with van der Waals surface area (Å²) in [5.74, 6) is 0.0567. The Bertz CT molecular complexity index is 383. The molecule has 0 aliphatic heterocycles. The topological polar surface area (TPSA) is 32.8 Å². The second kappa shape index (κ2) is 2.48. The highest BCUT2D eigenvalue weighted by molar-refractivity contribution is 5.80. The Kier molecular flexibility index (Phi) is 1.47. The summed E-state index contributed by atoms with van der Waals surface area (Å²) in [6.07, 6.45) is 1.69. The highest BCUT2D eigenvalue weighted by Crippen LogP contribution is 2.22. The first kappa shape index (κ1) is 7.10. The maximum Gasteiger partial charge on any atom is 0.183 e. The Morgan fingerprint density at radius 3 is 3.00 bits per heavy atom. The van der Waals surface area contributed by atoms with E-state index in [-0.39, 0.29) is 5.75 Å². The van der Waals surface area contributed by atoms with E-state index in [0.717, 1.165) is 16.5 Å². The van der Waals surface area contributed by atoms with Crippen molar-refractivity contribution >= 4 is 10.9 Å². The maximum atomic E-state index is 11.2. The fourth-order valence-corrected chi connectivity index (χ4v) is 1.21. The first-order valence-electron chi connectivity index (χ1n) is 3.80. The van der Waals surface area contributed by atoms with Crippen LogP contribution in [-0.2, 0) is 5.11 Å². The van der Waals surface area contributed by atoms with Gasteiger partial charge in [0.05, 0.1) is 5.52 Å². The van der Waals surface area contributed by atoms with Crippen LogP contribution in [0.25, 0.3) is 10.9 Å². The molecule has 2 rings (SSSR count). The SMILES string of the molecule is Cc1cc2cccnc2cc1[O]. The molecule has 1 aromatic carbocycles. The second-order valence-corrected chi connectivity index (χ2v) is 2.81. The number of hydrogen-bond acceptors (Lipinski definition) is 1. The minimum atomic E-state index is 0.0567. The molecule has 2 nitrogen and oxygen atoms in total. The minimum absolute atomic E-state index is 0.0567. The van der Waals surface area contributed by atoms with E-state index >= 15 is 0 Å². The molecular weight excluding hydrogens is 150 g/mol. The van der Waals surface area contributed by atoms with Crippen LogP contribution in [0, 0.1) is 6.92 Å². The van der Waals surface area contributed by atoms with Crippen LogP contribution in [0.4, 0.5) is 0 Å². The molecule has 0 amide bonds. The Morgan fingerprint density at radius 1 is 1.33 bits per heavy atom. The van der Waals surface area contributed by atoms with Crippen molar-refractivity contribution in [3.8, 4) is 5.75 Å². The zero-order valence-corrected chi connectivity index (χ0v) is 6.74. The van der Waals surface area contributed by atoms with E-state index in [1.165, 1.54) is 0 Å². The summed E-state index contributed by atoms with van der Waals surface area (Å²) in [6, 6.07) is 7.26. The third-order valence-corrected chi connectivity index (χ3v) is 1.90. The average molecular weight is 158 g/mol. The van der Waals surface area contributed by atoms with Crippen LogP contribution in [0.15, 0.2) is 30.5 Å². The molecule has 59 valence electrons. The molecular formula is C10H8NO. The van der Waals surface area contributed by atoms with Crippen LogP contribution in [-0.4, -0.2) is 4.98 Å². The van der Waals surface area contributed by atoms with Gasteiger partial charge < -0.3 is 0 Å². The lowest BCUT2D eigenvalue weighted by molar-refractivity contribution is 0.352. The molecule has 12 heavy (non-hydrogen) atoms. The van der Waals surface area contributed by atoms with E-state index in [2.05, 4.69) is 4.98 Å². The van der Waals surface area contributed by atoms with Gasteiger partial charge in [-0.05, 0) is 24.6 Å². The Balaban J connectivity index is 2.84. The van der Waals surface area contributed by atoms with E-state index in [9.17, 15) is 5.11 Å². The first-order valence-corrected chi connectivity index (χ1v) is 3.80. The van der Waals surface area contributed by atoms with Gasteiger partial charge in [0.15, 0.2) is 5.75 Å². The summed E-state index contributed by atoms with van der Waals surface area (Å²) in [5, 5.41) is 12.2. The van der Waals surface area contributed by atoms with E-state index in [1.54, 1.807) is 12.3 Å². The highest BCUT2D eigenvalue weighted by atomic mass is 16.3. The van der Waals surface area contributed by atoms with Gasteiger partial charge in [-0.2, -0.15) is 0 Å². The van der Waals surface area contributed by atoms with Gasteiger partial charge in [-0.3, -0.25) is 10.1 Å². The largest absolute Gasteiger partial charge is 0.290 e. The van der Waals surface area contributed by atoms with Gasteiger partial charge >= 0.3 is 0 Å². The number of benzene rings is 1. The summed E-state index contributed by atoms with van der Waals surface area (Å²) in [7, 11) is 0. The van der Waals surface area contributed by atoms with Crippen molar-refractivity contribution in [2.24, 2.45) is 0 Å². The van der Waals surface area contributed by atoms with E-state index in [0.29, 0.717) is 0 Å². The number of aromatic nitrogens is 1. The summed E-state index contributed by atoms with van der Waals surface area (Å²) in [6.45, 7) is 1.81. The van der Waals surface area contributed by atoms with Crippen molar-refractivity contribution in [2.75, 3.05) is 0 Å². The van der Waals surface area contributed by atoms with Crippen LogP contribution < -0.4 is 0 Å². The number of fused-ring (bicyclic) bond motifs is 1. The lowest BCUT2D eigenvalue weighted by atomic mass is 10.1. The number of rotatable bonds is 0. The van der Waals surface area contributed by atoms with Crippen molar-refractivity contribution in [2.45, 2.75) is 6.92 Å². The molecule has 0 atom stereocenters. The standard InChI is InChI=1S/C10H8NO/c1-7-5-8-3-2-4-11-9(8)6-10(7)12/h2-6H,1H3. The third-order valence-electron chi connectivity index (χ3n) is 1.90. The lowest BCUT2D eigenvalue weighted by Crippen LogP contribution is -1.79. The van der Waals surface area contributed by atoms with Gasteiger partial charge in [0, 0.05) is 17.6 Å². The molecule has 0 bridgehead atoms. The van der Waals surface area contributed by atoms with Crippen LogP contribution >= 0.6 is 0 Å². The van der Waals surface area contributed by atoms with Crippen LogP contribution in [0.2, 0.25) is 0 Å². The molecule has 1 heterocycles. The predicted molar refractivity (Wildman–Crippen MR) is 46.6 cm³/mol. The summed E-state index contributed by atoms with van der Waals surface area (Å²) in [5.41, 5.74) is 1.55. The fourth-order valence-electron chi connectivity index (χ4n) is 1.21. The van der Waals surface area contributed by atoms with E-state index in [1.807, 2.05) is 25.1 Å². The zero-order valence-electron chi connectivity index (χ0n) is 6.74. The average Bonchev–Trinajstić information content (AvgIpc) is 2.07. The van der Waals surface area contributed by atoms with Gasteiger partial charge in [-0.1, -0.05) is 6.07 Å². The van der Waals surface area contributed by atoms with Gasteiger partial charge in [0.1, 0.15) is 0 Å². The molecule has 0 spiro atoms. The monoisotopic (exact) mass is 158 g/mol. The molecule has 2 aromatic rings. The molecule has 1 aromatic heterocycles. The first-order chi connectivity index (χ1) is 5.77. The summed E-state index contributed by atoms with van der Waals surface area (Å²) >= 11 is 0. The number of aryl methyl sites for hydroxylation is 1. The predicted octanol–water partition coefficient (Wildman–Crippen LogP) is 2.69. The molecule has 0 saturated carbocycles. The Labute approximate surface area is 70.5 Å². The quantitative estimate of drug-likeness (QED) is 0.580. The zero-order chi connectivity index (χ0) is 8.55. The Hall–Kier alpha value is -1.57. The van der Waals surface area contributed by atoms with Crippen LogP contribution in [0.1, 0.15) is 5.56 Å². The van der Waals surface area contributed by atoms with Gasteiger partial charge in [-0.15, -0.1) is 0 Å². The number of nitrogens with zero attached hydrogens (tertiary/aromatic N) is 1. The van der Waals surface area contributed by atoms with Crippen molar-refractivity contribution in [1.29, 1.82) is 0 Å². The number of pyridine rings is 1. The second-order valence-electron chi connectivity index (χ2n) is 2.81. The minimum Gasteiger partial charge on any atom is -0.290 e. The van der Waals surface area contributed by atoms with Gasteiger partial charge in [0.25, 0.3) is 0 Å². The van der Waals surface area contributed by atoms with Crippen LogP contribution in [0.5, 0.6) is 5.75 Å². The molecule has 0 saturated heterocycles. The van der Waals surface area contributed by atoms with Crippen molar-refractivity contribution in [3.05, 3.63) is 36.0 Å². The van der Waals surface area contributed by atoms with Crippen molar-refractivity contribution < 1.29 is 5.11 Å². The molecule has 0 aliphatic rings. The van der Waals surface area contributed by atoms with E-state index in [4.69, 9.17) is 0 Å². The Morgan fingerprint density at radius 2 is 2.17 bits per heavy atom. The number of hydrogen-bond donors (Lipinski definition) is 0. The van der Waals surface area contributed by atoms with Crippen molar-refractivity contribution in [3.63, 3.8) is 0 Å². The normalized spacial score (nSPS) is 10.4. The molecule has 0 N–H and O–H groups in total. The van der Waals surface area contributed by atoms with Crippen molar-refractivity contribution in [1.82, 2.24) is 4.98 Å². The summed E-state index contributed by atoms with van der Waals surface area (Å²) < 4.78 is 0. The fraction of sp³-hybridized carbons (Fsp3) is 0.100. The molecule has 0 unspecified atom stereocenters. The highest BCUT2D eigenvalue weighted by Gasteiger charge is 2.00.